The Bertz CT molecular complexity index is 774. The van der Waals surface area contributed by atoms with Gasteiger partial charge in [0.15, 0.2) is 0 Å². The predicted octanol–water partition coefficient (Wildman–Crippen LogP) is 2.89. The number of rotatable bonds is 3. The van der Waals surface area contributed by atoms with E-state index in [0.717, 1.165) is 18.7 Å². The number of carbonyl (C=O) groups excluding carboxylic acids is 1. The van der Waals surface area contributed by atoms with Crippen molar-refractivity contribution < 1.29 is 9.63 Å². The largest absolute Gasteiger partial charge is 0.325 e. The second-order valence-electron chi connectivity index (χ2n) is 5.79. The summed E-state index contributed by atoms with van der Waals surface area (Å²) >= 11 is 11.9. The van der Waals surface area contributed by atoms with Crippen LogP contribution in [-0.4, -0.2) is 39.6 Å². The van der Waals surface area contributed by atoms with Crippen molar-refractivity contribution in [3.8, 4) is 0 Å². The van der Waals surface area contributed by atoms with Crippen molar-refractivity contribution in [2.75, 3.05) is 11.9 Å². The third-order valence-corrected chi connectivity index (χ3v) is 5.08. The summed E-state index contributed by atoms with van der Waals surface area (Å²) in [5, 5.41) is 5.45. The molecule has 2 aliphatic rings. The SMILES string of the molecule is O=C(Nc1ccc(Cl)c(Cl)c1)[C@@H]1[C@H](c2cnccn2)[C@@H]2CCN1O2. The van der Waals surface area contributed by atoms with Crippen molar-refractivity contribution in [3.63, 3.8) is 0 Å². The lowest BCUT2D eigenvalue weighted by molar-refractivity contribution is -0.139. The lowest BCUT2D eigenvalue weighted by Crippen LogP contribution is -2.44. The summed E-state index contributed by atoms with van der Waals surface area (Å²) in [5.41, 5.74) is 1.36. The Kier molecular flexibility index (Phi) is 4.14. The molecule has 24 heavy (non-hydrogen) atoms. The van der Waals surface area contributed by atoms with Crippen LogP contribution >= 0.6 is 23.2 Å². The van der Waals surface area contributed by atoms with Gasteiger partial charge in [0.25, 0.3) is 0 Å². The van der Waals surface area contributed by atoms with Crippen molar-refractivity contribution in [2.24, 2.45) is 0 Å². The smallest absolute Gasteiger partial charge is 0.244 e. The van der Waals surface area contributed by atoms with Gasteiger partial charge in [-0.3, -0.25) is 19.6 Å². The summed E-state index contributed by atoms with van der Waals surface area (Å²) in [7, 11) is 0. The third-order valence-electron chi connectivity index (χ3n) is 4.34. The highest BCUT2D eigenvalue weighted by Gasteiger charge is 2.52. The van der Waals surface area contributed by atoms with Gasteiger partial charge in [-0.25, -0.2) is 0 Å². The number of halogens is 2. The van der Waals surface area contributed by atoms with E-state index in [9.17, 15) is 4.79 Å². The van der Waals surface area contributed by atoms with Gasteiger partial charge in [0.05, 0.1) is 27.8 Å². The summed E-state index contributed by atoms with van der Waals surface area (Å²) in [6, 6.07) is 4.54. The molecule has 2 fully saturated rings. The molecule has 2 bridgehead atoms. The molecule has 3 heterocycles. The molecule has 0 radical (unpaired) electrons. The quantitative estimate of drug-likeness (QED) is 0.906. The van der Waals surface area contributed by atoms with Gasteiger partial charge >= 0.3 is 0 Å². The molecular formula is C16H14Cl2N4O2. The molecule has 1 amide bonds. The summed E-state index contributed by atoms with van der Waals surface area (Å²) < 4.78 is 0. The maximum atomic E-state index is 12.8. The minimum atomic E-state index is -0.449. The average molecular weight is 365 g/mol. The number of hydrogen-bond acceptors (Lipinski definition) is 5. The van der Waals surface area contributed by atoms with Crippen LogP contribution in [0.2, 0.25) is 10.0 Å². The van der Waals surface area contributed by atoms with Gasteiger partial charge in [-0.2, -0.15) is 5.06 Å². The molecule has 2 aliphatic heterocycles. The van der Waals surface area contributed by atoms with Crippen LogP contribution in [0.4, 0.5) is 5.69 Å². The molecule has 4 rings (SSSR count). The highest BCUT2D eigenvalue weighted by Crippen LogP contribution is 2.42. The van der Waals surface area contributed by atoms with Crippen LogP contribution in [0.15, 0.2) is 36.8 Å². The standard InChI is InChI=1S/C16H14Cl2N4O2/c17-10-2-1-9(7-11(10)18)21-16(23)15-14(12-8-19-4-5-20-12)13-3-6-22(15)24-13/h1-2,4-5,7-8,13-15H,3,6H2,(H,21,23)/t13-,14+,15-/m0/s1. The zero-order valence-corrected chi connectivity index (χ0v) is 14.0. The topological polar surface area (TPSA) is 67.4 Å². The van der Waals surface area contributed by atoms with E-state index in [1.165, 1.54) is 0 Å². The Morgan fingerprint density at radius 2 is 2.17 bits per heavy atom. The van der Waals surface area contributed by atoms with E-state index >= 15 is 0 Å². The molecular weight excluding hydrogens is 351 g/mol. The van der Waals surface area contributed by atoms with Crippen LogP contribution in [-0.2, 0) is 9.63 Å². The number of hydroxylamine groups is 2. The Labute approximate surface area is 148 Å². The monoisotopic (exact) mass is 364 g/mol. The van der Waals surface area contributed by atoms with Crippen LogP contribution in [0, 0.1) is 0 Å². The van der Waals surface area contributed by atoms with Gasteiger partial charge in [0.2, 0.25) is 5.91 Å². The number of amides is 1. The molecule has 1 N–H and O–H groups in total. The number of piperidine rings is 1. The third kappa shape index (κ3) is 2.75. The van der Waals surface area contributed by atoms with Crippen molar-refractivity contribution in [1.82, 2.24) is 15.0 Å². The van der Waals surface area contributed by atoms with Crippen LogP contribution < -0.4 is 5.32 Å². The van der Waals surface area contributed by atoms with E-state index in [-0.39, 0.29) is 17.9 Å². The van der Waals surface area contributed by atoms with E-state index < -0.39 is 6.04 Å². The second kappa shape index (κ2) is 6.29. The first-order valence-electron chi connectivity index (χ1n) is 7.59. The van der Waals surface area contributed by atoms with E-state index in [1.54, 1.807) is 41.9 Å². The van der Waals surface area contributed by atoms with Gasteiger partial charge in [0, 0.05) is 30.8 Å². The summed E-state index contributed by atoms with van der Waals surface area (Å²) in [6.07, 6.45) is 5.76. The number of carbonyl (C=O) groups is 1. The normalized spacial score (nSPS) is 28.1. The molecule has 8 heteroatoms. The molecule has 1 aromatic carbocycles. The Morgan fingerprint density at radius 3 is 2.92 bits per heavy atom. The zero-order chi connectivity index (χ0) is 16.7. The Balaban J connectivity index is 1.59. The van der Waals surface area contributed by atoms with E-state index in [4.69, 9.17) is 28.0 Å². The maximum Gasteiger partial charge on any atom is 0.244 e. The maximum absolute atomic E-state index is 12.8. The zero-order valence-electron chi connectivity index (χ0n) is 12.5. The summed E-state index contributed by atoms with van der Waals surface area (Å²) in [4.78, 5) is 27.1. The van der Waals surface area contributed by atoms with Crippen molar-refractivity contribution >= 4 is 34.8 Å². The molecule has 4 atom stereocenters. The molecule has 124 valence electrons. The van der Waals surface area contributed by atoms with E-state index in [1.807, 2.05) is 0 Å². The number of nitrogens with zero attached hydrogens (tertiary/aromatic N) is 3. The molecule has 2 aromatic rings. The minimum absolute atomic E-state index is 0.0498. The van der Waals surface area contributed by atoms with Crippen LogP contribution in [0.5, 0.6) is 0 Å². The fraction of sp³-hybridized carbons (Fsp3) is 0.312. The molecule has 1 unspecified atom stereocenters. The number of aromatic nitrogens is 2. The number of anilines is 1. The lowest BCUT2D eigenvalue weighted by Gasteiger charge is -2.27. The molecule has 0 spiro atoms. The van der Waals surface area contributed by atoms with E-state index in [0.29, 0.717) is 15.7 Å². The first kappa shape index (κ1) is 15.8. The van der Waals surface area contributed by atoms with Gasteiger partial charge < -0.3 is 5.32 Å². The van der Waals surface area contributed by atoms with Crippen LogP contribution in [0.1, 0.15) is 18.0 Å². The van der Waals surface area contributed by atoms with Gasteiger partial charge in [-0.15, -0.1) is 0 Å². The van der Waals surface area contributed by atoms with Crippen molar-refractivity contribution in [2.45, 2.75) is 24.5 Å². The van der Waals surface area contributed by atoms with Gasteiger partial charge in [0.1, 0.15) is 6.04 Å². The number of fused-ring (bicyclic) bond motifs is 2. The highest BCUT2D eigenvalue weighted by atomic mass is 35.5. The summed E-state index contributed by atoms with van der Waals surface area (Å²) in [5.74, 6) is -0.304. The highest BCUT2D eigenvalue weighted by molar-refractivity contribution is 6.42. The Hall–Kier alpha value is -1.73. The first-order chi connectivity index (χ1) is 11.6. The fourth-order valence-corrected chi connectivity index (χ4v) is 3.58. The first-order valence-corrected chi connectivity index (χ1v) is 8.34. The number of benzene rings is 1. The second-order valence-corrected chi connectivity index (χ2v) is 6.61. The molecule has 1 aromatic heterocycles. The summed E-state index contributed by atoms with van der Waals surface area (Å²) in [6.45, 7) is 0.723. The van der Waals surface area contributed by atoms with E-state index in [2.05, 4.69) is 15.3 Å². The molecule has 6 nitrogen and oxygen atoms in total. The van der Waals surface area contributed by atoms with Crippen LogP contribution in [0.25, 0.3) is 0 Å². The number of nitrogens with one attached hydrogen (secondary N) is 1. The molecule has 0 saturated carbocycles. The van der Waals surface area contributed by atoms with Gasteiger partial charge in [-0.05, 0) is 24.6 Å². The van der Waals surface area contributed by atoms with Crippen molar-refractivity contribution in [1.29, 1.82) is 0 Å². The minimum Gasteiger partial charge on any atom is -0.325 e. The fourth-order valence-electron chi connectivity index (χ4n) is 3.28. The lowest BCUT2D eigenvalue weighted by atomic mass is 9.86. The van der Waals surface area contributed by atoms with Crippen LogP contribution in [0.3, 0.4) is 0 Å². The Morgan fingerprint density at radius 1 is 1.29 bits per heavy atom. The van der Waals surface area contributed by atoms with Crippen molar-refractivity contribution in [3.05, 3.63) is 52.5 Å². The van der Waals surface area contributed by atoms with Gasteiger partial charge in [-0.1, -0.05) is 23.2 Å². The average Bonchev–Trinajstić information content (AvgIpc) is 3.20. The number of hydrogen-bond donors (Lipinski definition) is 1. The molecule has 0 aliphatic carbocycles. The molecule has 2 saturated heterocycles. The predicted molar refractivity (Wildman–Crippen MR) is 89.8 cm³/mol.